The minimum atomic E-state index is 0.358. The maximum atomic E-state index is 9.71. The highest BCUT2D eigenvalue weighted by Gasteiger charge is 2.32. The first-order chi connectivity index (χ1) is 8.40. The first-order valence-corrected chi connectivity index (χ1v) is 6.97. The number of benzene rings is 1. The minimum Gasteiger partial charge on any atom is -0.508 e. The third kappa shape index (κ3) is 2.63. The van der Waals surface area contributed by atoms with Crippen LogP contribution in [0.15, 0.2) is 12.1 Å². The number of hydrogen-bond donors (Lipinski definition) is 2. The van der Waals surface area contributed by atoms with Crippen molar-refractivity contribution in [2.75, 3.05) is 5.32 Å². The summed E-state index contributed by atoms with van der Waals surface area (Å²) in [6.07, 6.45) is 5.20. The number of hydrogen-bond acceptors (Lipinski definition) is 2. The summed E-state index contributed by atoms with van der Waals surface area (Å²) in [6, 6.07) is 4.46. The van der Waals surface area contributed by atoms with Crippen LogP contribution in [-0.4, -0.2) is 11.1 Å². The summed E-state index contributed by atoms with van der Waals surface area (Å²) in [5.74, 6) is 0.390. The van der Waals surface area contributed by atoms with Gasteiger partial charge in [0.1, 0.15) is 5.75 Å². The molecule has 18 heavy (non-hydrogen) atoms. The van der Waals surface area contributed by atoms with Gasteiger partial charge in [-0.15, -0.1) is 0 Å². The van der Waals surface area contributed by atoms with Crippen molar-refractivity contribution >= 4 is 5.69 Å². The third-order valence-electron chi connectivity index (χ3n) is 4.38. The Morgan fingerprint density at radius 3 is 2.56 bits per heavy atom. The molecule has 1 aliphatic rings. The Balaban J connectivity index is 2.20. The van der Waals surface area contributed by atoms with E-state index in [9.17, 15) is 5.11 Å². The molecule has 2 nitrogen and oxygen atoms in total. The van der Waals surface area contributed by atoms with E-state index in [0.717, 1.165) is 11.1 Å². The van der Waals surface area contributed by atoms with Crippen LogP contribution in [0.4, 0.5) is 5.69 Å². The van der Waals surface area contributed by atoms with Crippen molar-refractivity contribution in [2.45, 2.75) is 59.4 Å². The van der Waals surface area contributed by atoms with Crippen LogP contribution in [0.2, 0.25) is 0 Å². The Morgan fingerprint density at radius 1 is 1.17 bits per heavy atom. The smallest absolute Gasteiger partial charge is 0.118 e. The SMILES string of the molecule is Cc1cc(NC2CCCCC2(C)C)c(C)cc1O. The lowest BCUT2D eigenvalue weighted by Gasteiger charge is -2.40. The van der Waals surface area contributed by atoms with Crippen LogP contribution in [0.25, 0.3) is 0 Å². The van der Waals surface area contributed by atoms with Crippen molar-refractivity contribution in [3.05, 3.63) is 23.3 Å². The number of phenolic OH excluding ortho intramolecular Hbond substituents is 1. The van der Waals surface area contributed by atoms with Crippen molar-refractivity contribution in [1.29, 1.82) is 0 Å². The summed E-state index contributed by atoms with van der Waals surface area (Å²) in [4.78, 5) is 0. The Bertz CT molecular complexity index is 437. The Morgan fingerprint density at radius 2 is 1.89 bits per heavy atom. The van der Waals surface area contributed by atoms with Crippen molar-refractivity contribution in [2.24, 2.45) is 5.41 Å². The van der Waals surface area contributed by atoms with Gasteiger partial charge < -0.3 is 10.4 Å². The van der Waals surface area contributed by atoms with E-state index in [1.807, 2.05) is 13.0 Å². The lowest BCUT2D eigenvalue weighted by atomic mass is 9.73. The van der Waals surface area contributed by atoms with Crippen LogP contribution in [0.3, 0.4) is 0 Å². The Hall–Kier alpha value is -1.18. The fourth-order valence-corrected chi connectivity index (χ4v) is 2.91. The molecule has 0 aromatic heterocycles. The van der Waals surface area contributed by atoms with Gasteiger partial charge in [-0.2, -0.15) is 0 Å². The number of aromatic hydroxyl groups is 1. The van der Waals surface area contributed by atoms with Gasteiger partial charge in [-0.25, -0.2) is 0 Å². The summed E-state index contributed by atoms with van der Waals surface area (Å²) in [5, 5.41) is 13.4. The van der Waals surface area contributed by atoms with Gasteiger partial charge in [0, 0.05) is 11.7 Å². The molecule has 1 saturated carbocycles. The number of aryl methyl sites for hydroxylation is 2. The van der Waals surface area contributed by atoms with E-state index in [1.54, 1.807) is 0 Å². The number of phenols is 1. The molecule has 0 aliphatic heterocycles. The second-order valence-corrected chi connectivity index (χ2v) is 6.38. The summed E-state index contributed by atoms with van der Waals surface area (Å²) in [5.41, 5.74) is 3.60. The maximum Gasteiger partial charge on any atom is 0.118 e. The lowest BCUT2D eigenvalue weighted by molar-refractivity contribution is 0.217. The fraction of sp³-hybridized carbons (Fsp3) is 0.625. The predicted octanol–water partition coefficient (Wildman–Crippen LogP) is 4.39. The summed E-state index contributed by atoms with van der Waals surface area (Å²) < 4.78 is 0. The average molecular weight is 247 g/mol. The van der Waals surface area contributed by atoms with Gasteiger partial charge in [-0.1, -0.05) is 26.7 Å². The molecule has 1 aliphatic carbocycles. The summed E-state index contributed by atoms with van der Waals surface area (Å²) in [6.45, 7) is 8.71. The largest absolute Gasteiger partial charge is 0.508 e. The number of anilines is 1. The van der Waals surface area contributed by atoms with E-state index in [4.69, 9.17) is 0 Å². The molecule has 1 aromatic rings. The zero-order valence-corrected chi connectivity index (χ0v) is 12.0. The average Bonchev–Trinajstić information content (AvgIpc) is 2.28. The molecule has 0 spiro atoms. The van der Waals surface area contributed by atoms with Gasteiger partial charge in [-0.3, -0.25) is 0 Å². The van der Waals surface area contributed by atoms with Gasteiger partial charge >= 0.3 is 0 Å². The van der Waals surface area contributed by atoms with E-state index in [-0.39, 0.29) is 0 Å². The van der Waals surface area contributed by atoms with E-state index in [0.29, 0.717) is 17.2 Å². The standard InChI is InChI=1S/C16H25NO/c1-11-10-14(18)12(2)9-13(11)17-15-7-5-6-8-16(15,3)4/h9-10,15,17-18H,5-8H2,1-4H3. The van der Waals surface area contributed by atoms with E-state index in [2.05, 4.69) is 32.2 Å². The lowest BCUT2D eigenvalue weighted by Crippen LogP contribution is -2.39. The molecule has 1 unspecified atom stereocenters. The Labute approximate surface area is 110 Å². The van der Waals surface area contributed by atoms with Gasteiger partial charge in [0.2, 0.25) is 0 Å². The molecule has 0 radical (unpaired) electrons. The van der Waals surface area contributed by atoms with Crippen LogP contribution in [0, 0.1) is 19.3 Å². The monoisotopic (exact) mass is 247 g/mol. The van der Waals surface area contributed by atoms with E-state index >= 15 is 0 Å². The summed E-state index contributed by atoms with van der Waals surface area (Å²) in [7, 11) is 0. The second-order valence-electron chi connectivity index (χ2n) is 6.38. The first kappa shape index (κ1) is 13.3. The fourth-order valence-electron chi connectivity index (χ4n) is 2.91. The molecule has 2 N–H and O–H groups in total. The molecule has 2 rings (SSSR count). The first-order valence-electron chi connectivity index (χ1n) is 6.97. The van der Waals surface area contributed by atoms with Crippen LogP contribution in [0.5, 0.6) is 5.75 Å². The predicted molar refractivity (Wildman–Crippen MR) is 77.2 cm³/mol. The topological polar surface area (TPSA) is 32.3 Å². The molecular weight excluding hydrogens is 222 g/mol. The summed E-state index contributed by atoms with van der Waals surface area (Å²) >= 11 is 0. The van der Waals surface area contributed by atoms with E-state index < -0.39 is 0 Å². The number of rotatable bonds is 2. The second kappa shape index (κ2) is 4.83. The molecule has 1 fully saturated rings. The van der Waals surface area contributed by atoms with Crippen molar-refractivity contribution in [1.82, 2.24) is 0 Å². The third-order valence-corrected chi connectivity index (χ3v) is 4.38. The minimum absolute atomic E-state index is 0.358. The van der Waals surface area contributed by atoms with Gasteiger partial charge in [0.05, 0.1) is 0 Å². The molecule has 2 heteroatoms. The molecular formula is C16H25NO. The van der Waals surface area contributed by atoms with Gasteiger partial charge in [0.15, 0.2) is 0 Å². The van der Waals surface area contributed by atoms with Gasteiger partial charge in [-0.05, 0) is 55.4 Å². The van der Waals surface area contributed by atoms with Crippen LogP contribution in [0.1, 0.15) is 50.7 Å². The highest BCUT2D eigenvalue weighted by atomic mass is 16.3. The zero-order chi connectivity index (χ0) is 13.3. The van der Waals surface area contributed by atoms with E-state index in [1.165, 1.54) is 31.4 Å². The molecule has 100 valence electrons. The van der Waals surface area contributed by atoms with Crippen molar-refractivity contribution < 1.29 is 5.11 Å². The Kier molecular flexibility index (Phi) is 3.56. The molecule has 1 atom stereocenters. The normalized spacial score (nSPS) is 22.8. The maximum absolute atomic E-state index is 9.71. The van der Waals surface area contributed by atoms with Gasteiger partial charge in [0.25, 0.3) is 0 Å². The number of nitrogens with one attached hydrogen (secondary N) is 1. The highest BCUT2D eigenvalue weighted by Crippen LogP contribution is 2.38. The quantitative estimate of drug-likeness (QED) is 0.760. The van der Waals surface area contributed by atoms with Crippen molar-refractivity contribution in [3.63, 3.8) is 0 Å². The van der Waals surface area contributed by atoms with Crippen LogP contribution >= 0.6 is 0 Å². The van der Waals surface area contributed by atoms with Crippen LogP contribution in [-0.2, 0) is 0 Å². The zero-order valence-electron chi connectivity index (χ0n) is 12.0. The molecule has 1 aromatic carbocycles. The molecule has 0 amide bonds. The molecule has 0 bridgehead atoms. The molecule has 0 saturated heterocycles. The van der Waals surface area contributed by atoms with Crippen LogP contribution < -0.4 is 5.32 Å². The highest BCUT2D eigenvalue weighted by molar-refractivity contribution is 5.57. The van der Waals surface area contributed by atoms with Crippen molar-refractivity contribution in [3.8, 4) is 5.75 Å². The molecule has 0 heterocycles.